The zero-order valence-electron chi connectivity index (χ0n) is 9.26. The van der Waals surface area contributed by atoms with E-state index in [1.165, 1.54) is 10.9 Å². The monoisotopic (exact) mass is 267 g/mol. The molecule has 2 heterocycles. The van der Waals surface area contributed by atoms with E-state index in [1.54, 1.807) is 30.9 Å². The van der Waals surface area contributed by atoms with Crippen molar-refractivity contribution < 1.29 is 17.7 Å². The molecule has 0 atom stereocenters. The van der Waals surface area contributed by atoms with E-state index in [2.05, 4.69) is 15.6 Å². The summed E-state index contributed by atoms with van der Waals surface area (Å²) in [5.74, 6) is -0.454. The van der Waals surface area contributed by atoms with Gasteiger partial charge in [0.1, 0.15) is 0 Å². The second-order valence-electron chi connectivity index (χ2n) is 3.51. The lowest BCUT2D eigenvalue weighted by atomic mass is 10.1. The minimum atomic E-state index is -4.00. The minimum Gasteiger partial charge on any atom is -0.285 e. The highest BCUT2D eigenvalue weighted by molar-refractivity contribution is 7.86. The molecular formula is C10H11N4O3S+. The van der Waals surface area contributed by atoms with Crippen molar-refractivity contribution in [2.75, 3.05) is 5.75 Å². The molecule has 8 heteroatoms. The van der Waals surface area contributed by atoms with Gasteiger partial charge in [-0.3, -0.25) is 4.55 Å². The third-order valence-corrected chi connectivity index (χ3v) is 2.75. The number of hydrogen-bond donors (Lipinski definition) is 2. The quantitative estimate of drug-likeness (QED) is 0.582. The second-order valence-corrected chi connectivity index (χ2v) is 5.01. The molecule has 1 aliphatic heterocycles. The second kappa shape index (κ2) is 5.07. The van der Waals surface area contributed by atoms with Crippen LogP contribution in [-0.4, -0.2) is 39.8 Å². The summed E-state index contributed by atoms with van der Waals surface area (Å²) in [5, 5.41) is 7.44. The molecule has 0 unspecified atom stereocenters. The summed E-state index contributed by atoms with van der Waals surface area (Å²) in [4.78, 5) is 0. The Morgan fingerprint density at radius 3 is 2.83 bits per heavy atom. The van der Waals surface area contributed by atoms with Gasteiger partial charge in [-0.15, -0.1) is 0 Å². The summed E-state index contributed by atoms with van der Waals surface area (Å²) >= 11 is 0. The molecule has 0 aliphatic carbocycles. The fourth-order valence-electron chi connectivity index (χ4n) is 1.32. The van der Waals surface area contributed by atoms with Gasteiger partial charge in [0.05, 0.1) is 18.6 Å². The molecule has 1 aromatic heterocycles. The van der Waals surface area contributed by atoms with Crippen LogP contribution in [0.1, 0.15) is 5.56 Å². The zero-order chi connectivity index (χ0) is 13.0. The molecule has 0 amide bonds. The number of hydrogen-bond acceptors (Lipinski definition) is 5. The SMILES string of the molecule is O=S(=O)(O)CC=[N+]1C=CC(c2ccnnc2)=CN1. The van der Waals surface area contributed by atoms with Crippen LogP contribution in [0.2, 0.25) is 0 Å². The van der Waals surface area contributed by atoms with Crippen LogP contribution in [0, 0.1) is 0 Å². The Labute approximate surface area is 104 Å². The van der Waals surface area contributed by atoms with Crippen LogP contribution in [0.4, 0.5) is 0 Å². The first-order chi connectivity index (χ1) is 8.54. The number of nitrogens with zero attached hydrogens (tertiary/aromatic N) is 3. The molecule has 94 valence electrons. The van der Waals surface area contributed by atoms with Gasteiger partial charge in [-0.2, -0.15) is 24.0 Å². The maximum absolute atomic E-state index is 10.6. The number of hydrazone groups is 1. The van der Waals surface area contributed by atoms with Gasteiger partial charge in [0.15, 0.2) is 18.2 Å². The average molecular weight is 267 g/mol. The van der Waals surface area contributed by atoms with Crippen LogP contribution in [-0.2, 0) is 10.1 Å². The fraction of sp³-hybridized carbons (Fsp3) is 0.100. The maximum atomic E-state index is 10.6. The predicted octanol–water partition coefficient (Wildman–Crippen LogP) is -0.180. The van der Waals surface area contributed by atoms with Crippen molar-refractivity contribution in [2.24, 2.45) is 0 Å². The first-order valence-electron chi connectivity index (χ1n) is 5.03. The number of allylic oxidation sites excluding steroid dienone is 2. The molecule has 18 heavy (non-hydrogen) atoms. The number of aromatic nitrogens is 2. The molecule has 0 radical (unpaired) electrons. The predicted molar refractivity (Wildman–Crippen MR) is 65.0 cm³/mol. The van der Waals surface area contributed by atoms with Gasteiger partial charge in [-0.1, -0.05) is 4.68 Å². The molecule has 0 fully saturated rings. The van der Waals surface area contributed by atoms with Crippen molar-refractivity contribution in [3.8, 4) is 0 Å². The van der Waals surface area contributed by atoms with Crippen LogP contribution in [0.25, 0.3) is 5.57 Å². The van der Waals surface area contributed by atoms with Gasteiger partial charge in [-0.25, -0.2) is 0 Å². The third kappa shape index (κ3) is 3.47. The third-order valence-electron chi connectivity index (χ3n) is 2.18. The Balaban J connectivity index is 2.08. The van der Waals surface area contributed by atoms with Crippen molar-refractivity contribution in [1.82, 2.24) is 15.6 Å². The summed E-state index contributed by atoms with van der Waals surface area (Å²) in [6.07, 6.45) is 9.63. The highest BCUT2D eigenvalue weighted by Gasteiger charge is 2.10. The summed E-state index contributed by atoms with van der Waals surface area (Å²) in [6, 6.07) is 1.81. The normalized spacial score (nSPS) is 17.4. The lowest BCUT2D eigenvalue weighted by Gasteiger charge is -2.05. The van der Waals surface area contributed by atoms with E-state index in [0.717, 1.165) is 11.1 Å². The van der Waals surface area contributed by atoms with Crippen molar-refractivity contribution >= 4 is 21.9 Å². The van der Waals surface area contributed by atoms with Gasteiger partial charge in [-0.05, 0) is 6.07 Å². The van der Waals surface area contributed by atoms with Crippen molar-refractivity contribution in [1.29, 1.82) is 0 Å². The molecule has 2 rings (SSSR count). The fourth-order valence-corrected chi connectivity index (χ4v) is 1.67. The Morgan fingerprint density at radius 2 is 2.28 bits per heavy atom. The Bertz CT molecular complexity index is 620. The smallest absolute Gasteiger partial charge is 0.274 e. The molecule has 0 spiro atoms. The van der Waals surface area contributed by atoms with E-state index in [0.29, 0.717) is 0 Å². The summed E-state index contributed by atoms with van der Waals surface area (Å²) in [5.41, 5.74) is 4.63. The Hall–Kier alpha value is -2.06. The molecular weight excluding hydrogens is 256 g/mol. The Kier molecular flexibility index (Phi) is 3.49. The van der Waals surface area contributed by atoms with E-state index in [-0.39, 0.29) is 0 Å². The molecule has 0 aromatic carbocycles. The number of hydrazine groups is 1. The lowest BCUT2D eigenvalue weighted by Crippen LogP contribution is -2.25. The van der Waals surface area contributed by atoms with Gasteiger partial charge >= 0.3 is 0 Å². The van der Waals surface area contributed by atoms with E-state index < -0.39 is 15.9 Å². The van der Waals surface area contributed by atoms with Crippen molar-refractivity contribution in [3.63, 3.8) is 0 Å². The van der Waals surface area contributed by atoms with Crippen molar-refractivity contribution in [3.05, 3.63) is 42.5 Å². The molecule has 1 aliphatic rings. The van der Waals surface area contributed by atoms with Gasteiger partial charge in [0, 0.05) is 17.2 Å². The maximum Gasteiger partial charge on any atom is 0.274 e. The standard InChI is InChI=1S/C10H10N4O3S/c15-18(16,17)6-5-14-4-2-10(8-13-14)9-1-3-11-12-7-9/h1-5,7-8,13H,6H2/p+1. The summed E-state index contributed by atoms with van der Waals surface area (Å²) < 4.78 is 31.2. The molecule has 0 bridgehead atoms. The molecule has 1 aromatic rings. The molecule has 2 N–H and O–H groups in total. The van der Waals surface area contributed by atoms with Crippen LogP contribution < -0.4 is 5.43 Å². The van der Waals surface area contributed by atoms with E-state index in [4.69, 9.17) is 4.55 Å². The summed E-state index contributed by atoms with van der Waals surface area (Å²) in [6.45, 7) is 0. The minimum absolute atomic E-state index is 0.454. The first-order valence-corrected chi connectivity index (χ1v) is 6.64. The molecule has 7 nitrogen and oxygen atoms in total. The van der Waals surface area contributed by atoms with Crippen LogP contribution >= 0.6 is 0 Å². The molecule has 0 saturated heterocycles. The number of nitrogens with one attached hydrogen (secondary N) is 1. The van der Waals surface area contributed by atoms with Gasteiger partial charge in [0.25, 0.3) is 10.1 Å². The molecule has 0 saturated carbocycles. The largest absolute Gasteiger partial charge is 0.285 e. The van der Waals surface area contributed by atoms with Crippen LogP contribution in [0.15, 0.2) is 36.9 Å². The van der Waals surface area contributed by atoms with Gasteiger partial charge < -0.3 is 0 Å². The zero-order valence-corrected chi connectivity index (χ0v) is 10.1. The highest BCUT2D eigenvalue weighted by atomic mass is 32.2. The summed E-state index contributed by atoms with van der Waals surface area (Å²) in [7, 11) is -4.00. The Morgan fingerprint density at radius 1 is 1.44 bits per heavy atom. The van der Waals surface area contributed by atoms with Crippen LogP contribution in [0.3, 0.4) is 0 Å². The average Bonchev–Trinajstić information content (AvgIpc) is 2.37. The topological polar surface area (TPSA) is 95.2 Å². The number of rotatable bonds is 3. The van der Waals surface area contributed by atoms with Crippen LogP contribution in [0.5, 0.6) is 0 Å². The lowest BCUT2D eigenvalue weighted by molar-refractivity contribution is -0.507. The van der Waals surface area contributed by atoms with Crippen molar-refractivity contribution in [2.45, 2.75) is 0 Å². The van der Waals surface area contributed by atoms with E-state index >= 15 is 0 Å². The highest BCUT2D eigenvalue weighted by Crippen LogP contribution is 2.14. The van der Waals surface area contributed by atoms with E-state index in [9.17, 15) is 8.42 Å². The van der Waals surface area contributed by atoms with E-state index in [1.807, 2.05) is 6.07 Å². The van der Waals surface area contributed by atoms with Gasteiger partial charge in [0.2, 0.25) is 0 Å². The first kappa shape index (κ1) is 12.4.